The van der Waals surface area contributed by atoms with E-state index in [9.17, 15) is 4.79 Å². The zero-order valence-electron chi connectivity index (χ0n) is 14.3. The third kappa shape index (κ3) is 3.70. The molecule has 0 radical (unpaired) electrons. The molecule has 2 fully saturated rings. The van der Waals surface area contributed by atoms with E-state index in [1.165, 1.54) is 24.2 Å². The van der Waals surface area contributed by atoms with Crippen LogP contribution in [0, 0.1) is 0 Å². The van der Waals surface area contributed by atoms with Crippen LogP contribution in [0.4, 0.5) is 0 Å². The lowest BCUT2D eigenvalue weighted by atomic mass is 10.00. The Kier molecular flexibility index (Phi) is 4.72. The summed E-state index contributed by atoms with van der Waals surface area (Å²) in [6.07, 6.45) is 4.52. The zero-order valence-corrected chi connectivity index (χ0v) is 15.1. The van der Waals surface area contributed by atoms with Crippen LogP contribution in [0.5, 0.6) is 5.75 Å². The van der Waals surface area contributed by atoms with Crippen molar-refractivity contribution >= 4 is 17.2 Å². The number of fused-ring (bicyclic) bond motifs is 2. The predicted octanol–water partition coefficient (Wildman–Crippen LogP) is 3.22. The minimum absolute atomic E-state index is 0.0558. The quantitative estimate of drug-likeness (QED) is 0.862. The fourth-order valence-electron chi connectivity index (χ4n) is 3.81. The standard InChI is InChI=1S/C19H23N3O2S/c1-2-24-16-7-3-12(4-8-16)19-22-17(11-25-19)18(23)21-15-9-13-5-6-14(10-15)20-13/h3-4,7-8,11,13-15,20H,2,5-6,9-10H2,1H3,(H,21,23). The molecular weight excluding hydrogens is 334 g/mol. The molecule has 0 aliphatic carbocycles. The number of amides is 1. The topological polar surface area (TPSA) is 63.2 Å². The molecule has 3 heterocycles. The van der Waals surface area contributed by atoms with Gasteiger partial charge in [-0.25, -0.2) is 4.98 Å². The molecule has 2 aromatic rings. The van der Waals surface area contributed by atoms with Gasteiger partial charge in [0.2, 0.25) is 0 Å². The molecule has 0 saturated carbocycles. The molecule has 1 aromatic carbocycles. The van der Waals surface area contributed by atoms with Crippen molar-refractivity contribution in [3.63, 3.8) is 0 Å². The van der Waals surface area contributed by atoms with E-state index in [1.54, 1.807) is 0 Å². The maximum Gasteiger partial charge on any atom is 0.270 e. The maximum absolute atomic E-state index is 12.5. The first-order valence-corrected chi connectivity index (χ1v) is 9.85. The zero-order chi connectivity index (χ0) is 17.2. The SMILES string of the molecule is CCOc1ccc(-c2nc(C(=O)NC3CC4CCC(C3)N4)cs2)cc1. The van der Waals surface area contributed by atoms with Crippen LogP contribution in [-0.4, -0.2) is 35.6 Å². The molecule has 5 nitrogen and oxygen atoms in total. The van der Waals surface area contributed by atoms with Gasteiger partial charge in [0, 0.05) is 29.1 Å². The van der Waals surface area contributed by atoms with Crippen LogP contribution in [-0.2, 0) is 0 Å². The molecule has 132 valence electrons. The number of rotatable bonds is 5. The third-order valence-corrected chi connectivity index (χ3v) is 5.85. The number of ether oxygens (including phenoxy) is 1. The van der Waals surface area contributed by atoms with Crippen molar-refractivity contribution < 1.29 is 9.53 Å². The first-order valence-electron chi connectivity index (χ1n) is 8.97. The maximum atomic E-state index is 12.5. The highest BCUT2D eigenvalue weighted by Crippen LogP contribution is 2.28. The average molecular weight is 357 g/mol. The Morgan fingerprint density at radius 3 is 2.68 bits per heavy atom. The second kappa shape index (κ2) is 7.14. The molecule has 2 unspecified atom stereocenters. The van der Waals surface area contributed by atoms with Crippen LogP contribution in [0.25, 0.3) is 10.6 Å². The van der Waals surface area contributed by atoms with E-state index in [1.807, 2.05) is 36.6 Å². The van der Waals surface area contributed by atoms with Gasteiger partial charge in [0.05, 0.1) is 6.61 Å². The van der Waals surface area contributed by atoms with Gasteiger partial charge in [0.25, 0.3) is 5.91 Å². The first kappa shape index (κ1) is 16.5. The lowest BCUT2D eigenvalue weighted by Gasteiger charge is -2.29. The molecule has 25 heavy (non-hydrogen) atoms. The third-order valence-electron chi connectivity index (χ3n) is 4.96. The Labute approximate surface area is 151 Å². The van der Waals surface area contributed by atoms with Crippen LogP contribution in [0.2, 0.25) is 0 Å². The van der Waals surface area contributed by atoms with E-state index in [0.717, 1.165) is 29.2 Å². The number of piperidine rings is 1. The Bertz CT molecular complexity index is 731. The lowest BCUT2D eigenvalue weighted by Crippen LogP contribution is -2.48. The number of benzene rings is 1. The number of hydrogen-bond donors (Lipinski definition) is 2. The van der Waals surface area contributed by atoms with Crippen LogP contribution >= 0.6 is 11.3 Å². The predicted molar refractivity (Wildman–Crippen MR) is 99.2 cm³/mol. The van der Waals surface area contributed by atoms with Crippen molar-refractivity contribution in [2.24, 2.45) is 0 Å². The number of hydrogen-bond acceptors (Lipinski definition) is 5. The van der Waals surface area contributed by atoms with Gasteiger partial charge in [-0.2, -0.15) is 0 Å². The van der Waals surface area contributed by atoms with Gasteiger partial charge in [-0.1, -0.05) is 0 Å². The van der Waals surface area contributed by atoms with Gasteiger partial charge in [0.1, 0.15) is 16.5 Å². The number of carbonyl (C=O) groups excluding carboxylic acids is 1. The summed E-state index contributed by atoms with van der Waals surface area (Å²) in [5, 5.41) is 9.47. The smallest absolute Gasteiger partial charge is 0.270 e. The summed E-state index contributed by atoms with van der Waals surface area (Å²) in [6.45, 7) is 2.62. The van der Waals surface area contributed by atoms with Crippen LogP contribution < -0.4 is 15.4 Å². The Morgan fingerprint density at radius 1 is 1.28 bits per heavy atom. The lowest BCUT2D eigenvalue weighted by molar-refractivity contribution is 0.0919. The molecule has 2 atom stereocenters. The molecule has 2 N–H and O–H groups in total. The number of nitrogens with zero attached hydrogens (tertiary/aromatic N) is 1. The first-order chi connectivity index (χ1) is 12.2. The summed E-state index contributed by atoms with van der Waals surface area (Å²) in [7, 11) is 0. The molecule has 4 rings (SSSR count). The van der Waals surface area contributed by atoms with E-state index >= 15 is 0 Å². The number of carbonyl (C=O) groups is 1. The summed E-state index contributed by atoms with van der Waals surface area (Å²) in [5.41, 5.74) is 1.52. The van der Waals surface area contributed by atoms with Gasteiger partial charge in [-0.15, -0.1) is 11.3 Å². The fraction of sp³-hybridized carbons (Fsp3) is 0.474. The Morgan fingerprint density at radius 2 is 2.00 bits per heavy atom. The highest BCUT2D eigenvalue weighted by atomic mass is 32.1. The molecule has 1 aromatic heterocycles. The summed E-state index contributed by atoms with van der Waals surface area (Å²) in [4.78, 5) is 17.0. The van der Waals surface area contributed by atoms with Gasteiger partial charge in [-0.3, -0.25) is 4.79 Å². The highest BCUT2D eigenvalue weighted by molar-refractivity contribution is 7.13. The number of thiazole rings is 1. The Balaban J connectivity index is 1.41. The molecule has 2 aliphatic rings. The van der Waals surface area contributed by atoms with Gasteiger partial charge in [-0.05, 0) is 56.9 Å². The molecule has 6 heteroatoms. The molecular formula is C19H23N3O2S. The molecule has 0 spiro atoms. The van der Waals surface area contributed by atoms with Crippen LogP contribution in [0.15, 0.2) is 29.6 Å². The highest BCUT2D eigenvalue weighted by Gasteiger charge is 2.34. The average Bonchev–Trinajstić information content (AvgIpc) is 3.23. The molecule has 2 saturated heterocycles. The van der Waals surface area contributed by atoms with E-state index in [2.05, 4.69) is 15.6 Å². The second-order valence-electron chi connectivity index (χ2n) is 6.77. The van der Waals surface area contributed by atoms with Crippen molar-refractivity contribution in [1.29, 1.82) is 0 Å². The number of nitrogens with one attached hydrogen (secondary N) is 2. The normalized spacial score (nSPS) is 24.9. The Hall–Kier alpha value is -1.92. The van der Waals surface area contributed by atoms with Crippen molar-refractivity contribution in [2.45, 2.75) is 50.7 Å². The van der Waals surface area contributed by atoms with Crippen molar-refractivity contribution in [3.8, 4) is 16.3 Å². The molecule has 2 bridgehead atoms. The summed E-state index contributed by atoms with van der Waals surface area (Å²) in [6, 6.07) is 9.24. The minimum atomic E-state index is -0.0558. The van der Waals surface area contributed by atoms with Gasteiger partial charge in [0.15, 0.2) is 0 Å². The largest absolute Gasteiger partial charge is 0.494 e. The minimum Gasteiger partial charge on any atom is -0.494 e. The van der Waals surface area contributed by atoms with E-state index < -0.39 is 0 Å². The summed E-state index contributed by atoms with van der Waals surface area (Å²) in [5.74, 6) is 0.793. The van der Waals surface area contributed by atoms with Crippen LogP contribution in [0.3, 0.4) is 0 Å². The van der Waals surface area contributed by atoms with E-state index in [4.69, 9.17) is 4.74 Å². The molecule has 1 amide bonds. The second-order valence-corrected chi connectivity index (χ2v) is 7.63. The monoisotopic (exact) mass is 357 g/mol. The summed E-state index contributed by atoms with van der Waals surface area (Å²) >= 11 is 1.50. The van der Waals surface area contributed by atoms with Gasteiger partial charge >= 0.3 is 0 Å². The van der Waals surface area contributed by atoms with Crippen molar-refractivity contribution in [2.75, 3.05) is 6.61 Å². The summed E-state index contributed by atoms with van der Waals surface area (Å²) < 4.78 is 5.46. The molecule has 2 aliphatic heterocycles. The van der Waals surface area contributed by atoms with E-state index in [0.29, 0.717) is 24.4 Å². The van der Waals surface area contributed by atoms with E-state index in [-0.39, 0.29) is 11.9 Å². The van der Waals surface area contributed by atoms with Crippen LogP contribution in [0.1, 0.15) is 43.1 Å². The number of aromatic nitrogens is 1. The van der Waals surface area contributed by atoms with Crippen molar-refractivity contribution in [1.82, 2.24) is 15.6 Å². The fourth-order valence-corrected chi connectivity index (χ4v) is 4.61. The van der Waals surface area contributed by atoms with Gasteiger partial charge < -0.3 is 15.4 Å². The van der Waals surface area contributed by atoms with Crippen molar-refractivity contribution in [3.05, 3.63) is 35.3 Å².